The number of likely N-dealkylation sites (tertiary alicyclic amines) is 1. The first-order valence-corrected chi connectivity index (χ1v) is 8.76. The topological polar surface area (TPSA) is 84.4 Å². The number of amides is 2. The lowest BCUT2D eigenvalue weighted by Crippen LogP contribution is -2.46. The fourth-order valence-corrected chi connectivity index (χ4v) is 2.95. The van der Waals surface area contributed by atoms with E-state index in [0.29, 0.717) is 31.0 Å². The van der Waals surface area contributed by atoms with Crippen LogP contribution in [0.15, 0.2) is 42.9 Å². The predicted octanol–water partition coefficient (Wildman–Crippen LogP) is 1.91. The van der Waals surface area contributed by atoms with Crippen molar-refractivity contribution in [3.8, 4) is 5.75 Å². The van der Waals surface area contributed by atoms with Crippen molar-refractivity contribution in [2.45, 2.75) is 25.8 Å². The standard InChI is InChI=1S/C19H22N4O3/c1-2-26-16-5-3-14(4-6-16)19(25)23-11-7-15(8-12-23)22-18(24)17-13-20-9-10-21-17/h3-6,9-10,13,15H,2,7-8,11-12H2,1H3,(H,22,24). The third-order valence-corrected chi connectivity index (χ3v) is 4.33. The summed E-state index contributed by atoms with van der Waals surface area (Å²) >= 11 is 0. The van der Waals surface area contributed by atoms with Gasteiger partial charge in [0, 0.05) is 37.1 Å². The molecule has 1 aliphatic heterocycles. The summed E-state index contributed by atoms with van der Waals surface area (Å²) < 4.78 is 5.40. The van der Waals surface area contributed by atoms with Crippen molar-refractivity contribution in [3.05, 3.63) is 54.1 Å². The molecule has 0 radical (unpaired) electrons. The molecule has 136 valence electrons. The normalized spacial score (nSPS) is 14.7. The highest BCUT2D eigenvalue weighted by Gasteiger charge is 2.25. The molecule has 2 aromatic rings. The quantitative estimate of drug-likeness (QED) is 0.887. The van der Waals surface area contributed by atoms with Gasteiger partial charge in [0.1, 0.15) is 11.4 Å². The van der Waals surface area contributed by atoms with E-state index in [1.165, 1.54) is 18.6 Å². The number of rotatable bonds is 5. The molecular weight excluding hydrogens is 332 g/mol. The first kappa shape index (κ1) is 17.8. The van der Waals surface area contributed by atoms with Gasteiger partial charge in [-0.2, -0.15) is 0 Å². The first-order chi connectivity index (χ1) is 12.7. The van der Waals surface area contributed by atoms with Crippen LogP contribution in [0.3, 0.4) is 0 Å². The first-order valence-electron chi connectivity index (χ1n) is 8.76. The number of nitrogens with one attached hydrogen (secondary N) is 1. The van der Waals surface area contributed by atoms with E-state index < -0.39 is 0 Å². The van der Waals surface area contributed by atoms with E-state index in [1.54, 1.807) is 12.1 Å². The molecule has 2 heterocycles. The summed E-state index contributed by atoms with van der Waals surface area (Å²) in [5, 5.41) is 2.96. The number of ether oxygens (including phenoxy) is 1. The van der Waals surface area contributed by atoms with Crippen LogP contribution in [0.4, 0.5) is 0 Å². The number of aromatic nitrogens is 2. The van der Waals surface area contributed by atoms with Crippen molar-refractivity contribution in [1.29, 1.82) is 0 Å². The summed E-state index contributed by atoms with van der Waals surface area (Å²) in [6.07, 6.45) is 5.90. The zero-order chi connectivity index (χ0) is 18.4. The van der Waals surface area contributed by atoms with Crippen LogP contribution in [0.2, 0.25) is 0 Å². The molecule has 0 bridgehead atoms. The lowest BCUT2D eigenvalue weighted by Gasteiger charge is -2.32. The highest BCUT2D eigenvalue weighted by atomic mass is 16.5. The molecular formula is C19H22N4O3. The Morgan fingerprint density at radius 2 is 1.92 bits per heavy atom. The molecule has 0 saturated carbocycles. The number of carbonyl (C=O) groups excluding carboxylic acids is 2. The van der Waals surface area contributed by atoms with Crippen LogP contribution in [0, 0.1) is 0 Å². The number of carbonyl (C=O) groups is 2. The maximum Gasteiger partial charge on any atom is 0.271 e. The Morgan fingerprint density at radius 1 is 1.19 bits per heavy atom. The van der Waals surface area contributed by atoms with Gasteiger partial charge in [0.05, 0.1) is 12.8 Å². The zero-order valence-corrected chi connectivity index (χ0v) is 14.7. The van der Waals surface area contributed by atoms with Crippen LogP contribution in [0.1, 0.15) is 40.6 Å². The van der Waals surface area contributed by atoms with Gasteiger partial charge in [0.25, 0.3) is 11.8 Å². The van der Waals surface area contributed by atoms with Crippen LogP contribution < -0.4 is 10.1 Å². The molecule has 1 saturated heterocycles. The van der Waals surface area contributed by atoms with E-state index in [0.717, 1.165) is 18.6 Å². The van der Waals surface area contributed by atoms with Gasteiger partial charge in [0.2, 0.25) is 0 Å². The lowest BCUT2D eigenvalue weighted by atomic mass is 10.0. The smallest absolute Gasteiger partial charge is 0.271 e. The second-order valence-corrected chi connectivity index (χ2v) is 6.09. The highest BCUT2D eigenvalue weighted by molar-refractivity contribution is 5.94. The summed E-state index contributed by atoms with van der Waals surface area (Å²) in [4.78, 5) is 34.4. The molecule has 1 aromatic heterocycles. The zero-order valence-electron chi connectivity index (χ0n) is 14.7. The van der Waals surface area contributed by atoms with Gasteiger partial charge in [-0.25, -0.2) is 4.98 Å². The van der Waals surface area contributed by atoms with Crippen LogP contribution in [-0.2, 0) is 0 Å². The third-order valence-electron chi connectivity index (χ3n) is 4.33. The number of benzene rings is 1. The van der Waals surface area contributed by atoms with E-state index in [4.69, 9.17) is 4.74 Å². The van der Waals surface area contributed by atoms with Crippen molar-refractivity contribution in [3.63, 3.8) is 0 Å². The average Bonchev–Trinajstić information content (AvgIpc) is 2.69. The Morgan fingerprint density at radius 3 is 2.54 bits per heavy atom. The maximum absolute atomic E-state index is 12.6. The number of nitrogens with zero attached hydrogens (tertiary/aromatic N) is 3. The largest absolute Gasteiger partial charge is 0.494 e. The van der Waals surface area contributed by atoms with E-state index in [1.807, 2.05) is 24.0 Å². The SMILES string of the molecule is CCOc1ccc(C(=O)N2CCC(NC(=O)c3cnccn3)CC2)cc1. The summed E-state index contributed by atoms with van der Waals surface area (Å²) in [5.74, 6) is 0.538. The summed E-state index contributed by atoms with van der Waals surface area (Å²) in [6, 6.07) is 7.23. The molecule has 2 amide bonds. The van der Waals surface area contributed by atoms with Gasteiger partial charge >= 0.3 is 0 Å². The van der Waals surface area contributed by atoms with Crippen molar-refractivity contribution in [1.82, 2.24) is 20.2 Å². The van der Waals surface area contributed by atoms with Crippen molar-refractivity contribution in [2.24, 2.45) is 0 Å². The van der Waals surface area contributed by atoms with E-state index in [2.05, 4.69) is 15.3 Å². The Balaban J connectivity index is 1.51. The monoisotopic (exact) mass is 354 g/mol. The minimum Gasteiger partial charge on any atom is -0.494 e. The van der Waals surface area contributed by atoms with Crippen molar-refractivity contribution >= 4 is 11.8 Å². The maximum atomic E-state index is 12.6. The number of piperidine rings is 1. The molecule has 0 aliphatic carbocycles. The molecule has 1 aliphatic rings. The van der Waals surface area contributed by atoms with Gasteiger partial charge in [-0.05, 0) is 44.0 Å². The van der Waals surface area contributed by atoms with Crippen LogP contribution >= 0.6 is 0 Å². The Labute approximate surface area is 152 Å². The number of hydrogen-bond donors (Lipinski definition) is 1. The molecule has 7 heteroatoms. The van der Waals surface area contributed by atoms with Crippen molar-refractivity contribution in [2.75, 3.05) is 19.7 Å². The third kappa shape index (κ3) is 4.36. The molecule has 7 nitrogen and oxygen atoms in total. The van der Waals surface area contributed by atoms with E-state index in [9.17, 15) is 9.59 Å². The second kappa shape index (κ2) is 8.42. The fourth-order valence-electron chi connectivity index (χ4n) is 2.95. The molecule has 0 atom stereocenters. The van der Waals surface area contributed by atoms with Gasteiger partial charge in [-0.1, -0.05) is 0 Å². The molecule has 0 spiro atoms. The molecule has 3 rings (SSSR count). The molecule has 1 aromatic carbocycles. The Hall–Kier alpha value is -2.96. The summed E-state index contributed by atoms with van der Waals surface area (Å²) in [6.45, 7) is 3.74. The molecule has 0 unspecified atom stereocenters. The highest BCUT2D eigenvalue weighted by Crippen LogP contribution is 2.17. The average molecular weight is 354 g/mol. The molecule has 1 N–H and O–H groups in total. The Kier molecular flexibility index (Phi) is 5.78. The van der Waals surface area contributed by atoms with E-state index >= 15 is 0 Å². The van der Waals surface area contributed by atoms with Crippen LogP contribution in [-0.4, -0.2) is 52.4 Å². The fraction of sp³-hybridized carbons (Fsp3) is 0.368. The van der Waals surface area contributed by atoms with Gasteiger partial charge in [-0.15, -0.1) is 0 Å². The van der Waals surface area contributed by atoms with Crippen LogP contribution in [0.5, 0.6) is 5.75 Å². The summed E-state index contributed by atoms with van der Waals surface area (Å²) in [7, 11) is 0. The Bertz CT molecular complexity index is 741. The number of hydrogen-bond acceptors (Lipinski definition) is 5. The van der Waals surface area contributed by atoms with Gasteiger partial charge < -0.3 is 15.0 Å². The van der Waals surface area contributed by atoms with Crippen LogP contribution in [0.25, 0.3) is 0 Å². The van der Waals surface area contributed by atoms with Gasteiger partial charge in [-0.3, -0.25) is 14.6 Å². The minimum absolute atomic E-state index is 0.00625. The minimum atomic E-state index is -0.227. The molecule has 1 fully saturated rings. The molecule has 26 heavy (non-hydrogen) atoms. The second-order valence-electron chi connectivity index (χ2n) is 6.09. The predicted molar refractivity (Wildman–Crippen MR) is 96.0 cm³/mol. The van der Waals surface area contributed by atoms with Crippen molar-refractivity contribution < 1.29 is 14.3 Å². The van der Waals surface area contributed by atoms with E-state index in [-0.39, 0.29) is 17.9 Å². The summed E-state index contributed by atoms with van der Waals surface area (Å²) in [5.41, 5.74) is 0.955. The van der Waals surface area contributed by atoms with Gasteiger partial charge in [0.15, 0.2) is 0 Å². The lowest BCUT2D eigenvalue weighted by molar-refractivity contribution is 0.0697.